The van der Waals surface area contributed by atoms with Crippen molar-refractivity contribution < 1.29 is 43.0 Å². The lowest BCUT2D eigenvalue weighted by atomic mass is 10.0. The van der Waals surface area contributed by atoms with Crippen molar-refractivity contribution in [1.29, 1.82) is 0 Å². The van der Waals surface area contributed by atoms with E-state index in [4.69, 9.17) is 31.4 Å². The second-order valence-corrected chi connectivity index (χ2v) is 21.4. The monoisotopic (exact) mass is 1210 g/mol. The van der Waals surface area contributed by atoms with Gasteiger partial charge < -0.3 is 63.3 Å². The van der Waals surface area contributed by atoms with E-state index in [9.17, 15) is 28.8 Å². The number of carbonyl (C=O) groups is 6. The zero-order valence-corrected chi connectivity index (χ0v) is 48.9. The van der Waals surface area contributed by atoms with E-state index in [0.717, 1.165) is 88.6 Å². The SMILES string of the molecule is Nc1ccccc1NC(=O)c1ccc2c(c1)CCC2NC(=O)OCc1cccnc1.Nc1ccccc1NC(=O)c1ccc2c(c1)CCC2NC(=O)OCc1cccnc1.Nc1ccccc1NC(=O)c1ccc2c(c1)CCC2NC(=O)OCc1cccnc1. The summed E-state index contributed by atoms with van der Waals surface area (Å²) in [6.45, 7) is 0.503. The molecule has 3 aromatic heterocycles. The van der Waals surface area contributed by atoms with Crippen LogP contribution in [0.25, 0.3) is 0 Å². The molecule has 0 saturated heterocycles. The number of carbonyl (C=O) groups excluding carboxylic acids is 6. The van der Waals surface area contributed by atoms with E-state index >= 15 is 0 Å². The quantitative estimate of drug-likeness (QED) is 0.0340. The summed E-state index contributed by atoms with van der Waals surface area (Å²) in [5, 5.41) is 17.2. The van der Waals surface area contributed by atoms with Gasteiger partial charge in [0.15, 0.2) is 0 Å². The van der Waals surface area contributed by atoms with Gasteiger partial charge in [-0.1, -0.05) is 72.8 Å². The third kappa shape index (κ3) is 16.5. The van der Waals surface area contributed by atoms with Gasteiger partial charge in [-0.05, 0) is 163 Å². The highest BCUT2D eigenvalue weighted by molar-refractivity contribution is 6.07. The number of nitrogens with zero attached hydrogens (tertiary/aromatic N) is 3. The van der Waals surface area contributed by atoms with Gasteiger partial charge >= 0.3 is 18.3 Å². The summed E-state index contributed by atoms with van der Waals surface area (Å²) in [6.07, 6.45) is 13.2. The molecule has 12 N–H and O–H groups in total. The molecule has 0 bridgehead atoms. The van der Waals surface area contributed by atoms with Crippen LogP contribution in [-0.2, 0) is 53.3 Å². The number of rotatable bonds is 15. The van der Waals surface area contributed by atoms with E-state index in [1.807, 2.05) is 91.0 Å². The zero-order chi connectivity index (χ0) is 62.8. The molecule has 21 nitrogen and oxygen atoms in total. The number of nitrogens with one attached hydrogen (secondary N) is 6. The first kappa shape index (κ1) is 61.5. The summed E-state index contributed by atoms with van der Waals surface area (Å²) < 4.78 is 15.8. The summed E-state index contributed by atoms with van der Waals surface area (Å²) in [5.41, 5.74) is 31.3. The number of para-hydroxylation sites is 6. The van der Waals surface area contributed by atoms with Gasteiger partial charge in [0.05, 0.1) is 52.2 Å². The van der Waals surface area contributed by atoms with Crippen molar-refractivity contribution in [2.45, 2.75) is 76.5 Å². The minimum absolute atomic E-state index is 0.136. The Kier molecular flexibility index (Phi) is 20.3. The molecule has 456 valence electrons. The Bertz CT molecular complexity index is 3620. The molecular formula is C69H66N12O9. The van der Waals surface area contributed by atoms with Gasteiger partial charge in [-0.15, -0.1) is 0 Å². The molecule has 21 heteroatoms. The number of hydrogen-bond acceptors (Lipinski definition) is 15. The maximum atomic E-state index is 12.6. The van der Waals surface area contributed by atoms with E-state index in [0.29, 0.717) is 50.8 Å². The van der Waals surface area contributed by atoms with Crippen molar-refractivity contribution in [3.63, 3.8) is 0 Å². The average molecular weight is 1210 g/mol. The fourth-order valence-corrected chi connectivity index (χ4v) is 10.6. The molecule has 0 fully saturated rings. The van der Waals surface area contributed by atoms with E-state index < -0.39 is 18.3 Å². The molecular weight excluding hydrogens is 1140 g/mol. The van der Waals surface area contributed by atoms with Gasteiger partial charge in [0.2, 0.25) is 0 Å². The Labute approximate surface area is 519 Å². The van der Waals surface area contributed by atoms with Crippen LogP contribution in [0.3, 0.4) is 0 Å². The lowest BCUT2D eigenvalue weighted by molar-refractivity contribution is 0.101. The second kappa shape index (κ2) is 29.7. The molecule has 0 radical (unpaired) electrons. The number of nitrogens with two attached hydrogens (primary N) is 3. The standard InChI is InChI=1S/3C23H22N4O3/c3*24-19-5-1-2-6-21(19)26-22(28)17-7-9-18-16(12-17)8-10-20(18)27-23(29)30-14-15-4-3-11-25-13-15/h3*1-7,9,11-13,20H,8,10,14,24H2,(H,26,28)(H,27,29). The normalized spacial score (nSPS) is 14.6. The van der Waals surface area contributed by atoms with E-state index in [-0.39, 0.29) is 55.7 Å². The fourth-order valence-electron chi connectivity index (χ4n) is 10.6. The first-order chi connectivity index (χ1) is 43.8. The number of aromatic nitrogens is 3. The maximum Gasteiger partial charge on any atom is 0.407 e. The Morgan fingerprint density at radius 3 is 0.933 bits per heavy atom. The lowest BCUT2D eigenvalue weighted by Crippen LogP contribution is -2.27. The number of anilines is 6. The topological polar surface area (TPSA) is 319 Å². The van der Waals surface area contributed by atoms with Crippen molar-refractivity contribution in [2.24, 2.45) is 0 Å². The van der Waals surface area contributed by atoms with E-state index in [2.05, 4.69) is 46.9 Å². The molecule has 3 atom stereocenters. The van der Waals surface area contributed by atoms with E-state index in [1.54, 1.807) is 110 Å². The third-order valence-electron chi connectivity index (χ3n) is 15.2. The molecule has 0 saturated carbocycles. The van der Waals surface area contributed by atoms with Gasteiger partial charge in [-0.25, -0.2) is 14.4 Å². The maximum absolute atomic E-state index is 12.6. The molecule has 90 heavy (non-hydrogen) atoms. The highest BCUT2D eigenvalue weighted by atomic mass is 16.6. The van der Waals surface area contributed by atoms with Crippen molar-refractivity contribution in [1.82, 2.24) is 30.9 Å². The molecule has 0 aliphatic heterocycles. The molecule has 3 unspecified atom stereocenters. The van der Waals surface area contributed by atoms with Gasteiger partial charge in [0.25, 0.3) is 17.7 Å². The number of amides is 6. The molecule has 12 rings (SSSR count). The first-order valence-electron chi connectivity index (χ1n) is 29.1. The Hall–Kier alpha value is -11.6. The molecule has 3 aliphatic rings. The zero-order valence-electron chi connectivity index (χ0n) is 48.9. The van der Waals surface area contributed by atoms with Crippen LogP contribution in [0.4, 0.5) is 48.5 Å². The van der Waals surface area contributed by atoms with Crippen molar-refractivity contribution in [2.75, 3.05) is 33.2 Å². The molecule has 3 heterocycles. The van der Waals surface area contributed by atoms with Crippen molar-refractivity contribution in [3.8, 4) is 0 Å². The molecule has 6 aromatic carbocycles. The van der Waals surface area contributed by atoms with Gasteiger partial charge in [0.1, 0.15) is 19.8 Å². The predicted molar refractivity (Wildman–Crippen MR) is 342 cm³/mol. The van der Waals surface area contributed by atoms with Crippen LogP contribution in [0.15, 0.2) is 201 Å². The first-order valence-corrected chi connectivity index (χ1v) is 29.1. The second-order valence-electron chi connectivity index (χ2n) is 21.4. The summed E-state index contributed by atoms with van der Waals surface area (Å²) in [7, 11) is 0. The summed E-state index contributed by atoms with van der Waals surface area (Å²) in [5.74, 6) is -0.658. The van der Waals surface area contributed by atoms with Gasteiger partial charge in [-0.3, -0.25) is 29.3 Å². The summed E-state index contributed by atoms with van der Waals surface area (Å²) in [4.78, 5) is 86.2. The minimum Gasteiger partial charge on any atom is -0.445 e. The summed E-state index contributed by atoms with van der Waals surface area (Å²) >= 11 is 0. The van der Waals surface area contributed by atoms with Gasteiger partial charge in [-0.2, -0.15) is 0 Å². The lowest BCUT2D eigenvalue weighted by Gasteiger charge is -2.15. The molecule has 3 aliphatic carbocycles. The van der Waals surface area contributed by atoms with Crippen LogP contribution in [-0.4, -0.2) is 51.0 Å². The molecule has 0 spiro atoms. The fraction of sp³-hybridized carbons (Fsp3) is 0.174. The van der Waals surface area contributed by atoms with Crippen LogP contribution in [0, 0.1) is 0 Å². The molecule has 9 aromatic rings. The number of alkyl carbamates (subject to hydrolysis) is 3. The number of nitrogen functional groups attached to an aromatic ring is 3. The Morgan fingerprint density at radius 1 is 0.378 bits per heavy atom. The Balaban J connectivity index is 0.000000148. The van der Waals surface area contributed by atoms with Gasteiger partial charge in [0, 0.05) is 70.6 Å². The smallest absolute Gasteiger partial charge is 0.407 e. The Morgan fingerprint density at radius 2 is 0.667 bits per heavy atom. The van der Waals surface area contributed by atoms with Crippen LogP contribution < -0.4 is 49.1 Å². The van der Waals surface area contributed by atoms with Crippen LogP contribution in [0.2, 0.25) is 0 Å². The van der Waals surface area contributed by atoms with Crippen LogP contribution >= 0.6 is 0 Å². The number of ether oxygens (including phenoxy) is 3. The minimum atomic E-state index is -0.474. The summed E-state index contributed by atoms with van der Waals surface area (Å²) in [6, 6.07) is 48.5. The highest BCUT2D eigenvalue weighted by Gasteiger charge is 2.29. The van der Waals surface area contributed by atoms with Crippen molar-refractivity contribution in [3.05, 3.63) is 268 Å². The van der Waals surface area contributed by atoms with E-state index in [1.165, 1.54) is 0 Å². The van der Waals surface area contributed by atoms with Crippen LogP contribution in [0.5, 0.6) is 0 Å². The number of hydrogen-bond donors (Lipinski definition) is 9. The largest absolute Gasteiger partial charge is 0.445 e. The number of aryl methyl sites for hydroxylation is 3. The average Bonchev–Trinajstić information content (AvgIpc) is 2.68. The number of pyridine rings is 3. The third-order valence-corrected chi connectivity index (χ3v) is 15.2. The van der Waals surface area contributed by atoms with Crippen molar-refractivity contribution >= 4 is 70.1 Å². The molecule has 6 amide bonds. The van der Waals surface area contributed by atoms with Crippen LogP contribution in [0.1, 0.15) is 119 Å². The number of fused-ring (bicyclic) bond motifs is 3. The highest BCUT2D eigenvalue weighted by Crippen LogP contribution is 2.35. The predicted octanol–water partition coefficient (Wildman–Crippen LogP) is 11.5. The number of benzene rings is 6.